The molecule has 1 saturated carbocycles. The van der Waals surface area contributed by atoms with Gasteiger partial charge in [-0.05, 0) is 30.9 Å². The van der Waals surface area contributed by atoms with E-state index in [2.05, 4.69) is 4.98 Å². The van der Waals surface area contributed by atoms with Gasteiger partial charge in [0.05, 0.1) is 11.6 Å². The second-order valence-corrected chi connectivity index (χ2v) is 5.45. The van der Waals surface area contributed by atoms with Crippen molar-refractivity contribution in [3.05, 3.63) is 46.0 Å². The summed E-state index contributed by atoms with van der Waals surface area (Å²) in [7, 11) is 0. The fraction of sp³-hybridized carbons (Fsp3) is 0.400. The maximum atomic E-state index is 12.0. The van der Waals surface area contributed by atoms with Crippen LogP contribution in [-0.4, -0.2) is 15.4 Å². The highest BCUT2D eigenvalue weighted by Gasteiger charge is 2.40. The highest BCUT2D eigenvalue weighted by Crippen LogP contribution is 2.38. The van der Waals surface area contributed by atoms with Crippen LogP contribution in [0.1, 0.15) is 24.6 Å². The Labute approximate surface area is 116 Å². The van der Waals surface area contributed by atoms with Crippen molar-refractivity contribution in [2.75, 3.05) is 0 Å². The second-order valence-electron chi connectivity index (χ2n) is 5.45. The fourth-order valence-electron chi connectivity index (χ4n) is 2.23. The van der Waals surface area contributed by atoms with Crippen LogP contribution in [0.3, 0.4) is 0 Å². The lowest BCUT2D eigenvalue weighted by molar-refractivity contribution is -0.147. The molecule has 2 heterocycles. The minimum absolute atomic E-state index is 0.0270. The molecule has 0 aliphatic heterocycles. The van der Waals surface area contributed by atoms with Gasteiger partial charge in [0, 0.05) is 12.3 Å². The van der Waals surface area contributed by atoms with E-state index < -0.39 is 0 Å². The molecule has 0 radical (unpaired) electrons. The molecule has 0 spiro atoms. The molecule has 2 aromatic rings. The number of fused-ring (bicyclic) bond motifs is 1. The molecule has 5 heteroatoms. The van der Waals surface area contributed by atoms with Crippen molar-refractivity contribution in [3.63, 3.8) is 0 Å². The molecule has 104 valence electrons. The number of carbonyl (C=O) groups is 1. The Kier molecular flexibility index (Phi) is 3.04. The molecule has 1 aliphatic rings. The number of hydrogen-bond donors (Lipinski definition) is 0. The lowest BCUT2D eigenvalue weighted by atomic mass is 10.3. The molecule has 20 heavy (non-hydrogen) atoms. The predicted molar refractivity (Wildman–Crippen MR) is 73.3 cm³/mol. The van der Waals surface area contributed by atoms with Gasteiger partial charge >= 0.3 is 5.97 Å². The summed E-state index contributed by atoms with van der Waals surface area (Å²) in [4.78, 5) is 28.0. The molecule has 0 amide bonds. The van der Waals surface area contributed by atoms with E-state index in [1.165, 1.54) is 10.5 Å². The quantitative estimate of drug-likeness (QED) is 0.798. The van der Waals surface area contributed by atoms with E-state index in [0.29, 0.717) is 17.3 Å². The molecule has 0 bridgehead atoms. The Morgan fingerprint density at radius 3 is 2.95 bits per heavy atom. The summed E-state index contributed by atoms with van der Waals surface area (Å²) in [6.45, 7) is 4.00. The Balaban J connectivity index is 1.80. The van der Waals surface area contributed by atoms with E-state index in [1.54, 1.807) is 12.3 Å². The van der Waals surface area contributed by atoms with E-state index in [9.17, 15) is 9.59 Å². The van der Waals surface area contributed by atoms with Gasteiger partial charge in [-0.25, -0.2) is 4.98 Å². The number of aromatic nitrogens is 2. The summed E-state index contributed by atoms with van der Waals surface area (Å²) in [6.07, 6.45) is 2.64. The number of ether oxygens (including phenoxy) is 1. The van der Waals surface area contributed by atoms with Gasteiger partial charge in [0.25, 0.3) is 5.56 Å². The van der Waals surface area contributed by atoms with Gasteiger partial charge < -0.3 is 4.74 Å². The topological polar surface area (TPSA) is 60.7 Å². The van der Waals surface area contributed by atoms with Crippen LogP contribution in [0.15, 0.2) is 29.2 Å². The molecule has 0 aromatic carbocycles. The standard InChI is InChI=1S/C15H16N2O3/c1-9-3-4-13-16-11(6-14(18)17(13)7-9)8-20-15(19)12-5-10(12)2/h3-4,6-7,10,12H,5,8H2,1-2H3. The normalized spacial score (nSPS) is 20.9. The largest absolute Gasteiger partial charge is 0.459 e. The van der Waals surface area contributed by atoms with Gasteiger partial charge in [0.1, 0.15) is 12.3 Å². The maximum absolute atomic E-state index is 12.0. The fourth-order valence-corrected chi connectivity index (χ4v) is 2.23. The van der Waals surface area contributed by atoms with Gasteiger partial charge in [-0.3, -0.25) is 14.0 Å². The molecule has 2 atom stereocenters. The molecule has 2 unspecified atom stereocenters. The van der Waals surface area contributed by atoms with Crippen LogP contribution in [0.2, 0.25) is 0 Å². The van der Waals surface area contributed by atoms with Gasteiger partial charge in [-0.1, -0.05) is 13.0 Å². The number of carbonyl (C=O) groups excluding carboxylic acids is 1. The number of esters is 1. The van der Waals surface area contributed by atoms with Gasteiger partial charge in [-0.2, -0.15) is 0 Å². The van der Waals surface area contributed by atoms with E-state index in [1.807, 2.05) is 19.9 Å². The first-order valence-electron chi connectivity index (χ1n) is 6.70. The monoisotopic (exact) mass is 272 g/mol. The van der Waals surface area contributed by atoms with Gasteiger partial charge in [0.15, 0.2) is 0 Å². The summed E-state index contributed by atoms with van der Waals surface area (Å²) in [5.41, 5.74) is 1.88. The SMILES string of the molecule is Cc1ccc2nc(COC(=O)C3CC3C)cc(=O)n2c1. The average molecular weight is 272 g/mol. The lowest BCUT2D eigenvalue weighted by Gasteiger charge is -2.06. The number of pyridine rings is 1. The van der Waals surface area contributed by atoms with Crippen molar-refractivity contribution in [2.45, 2.75) is 26.9 Å². The minimum atomic E-state index is -0.191. The van der Waals surface area contributed by atoms with Crippen molar-refractivity contribution in [3.8, 4) is 0 Å². The van der Waals surface area contributed by atoms with Crippen molar-refractivity contribution in [1.82, 2.24) is 9.38 Å². The van der Waals surface area contributed by atoms with Crippen LogP contribution in [0.25, 0.3) is 5.65 Å². The highest BCUT2D eigenvalue weighted by molar-refractivity contribution is 5.75. The first-order chi connectivity index (χ1) is 9.54. The van der Waals surface area contributed by atoms with Crippen LogP contribution < -0.4 is 5.56 Å². The van der Waals surface area contributed by atoms with Crippen LogP contribution >= 0.6 is 0 Å². The first kappa shape index (κ1) is 12.8. The van der Waals surface area contributed by atoms with Gasteiger partial charge in [0.2, 0.25) is 0 Å². The zero-order valence-corrected chi connectivity index (χ0v) is 11.5. The Bertz CT molecular complexity index is 735. The number of nitrogens with zero attached hydrogens (tertiary/aromatic N) is 2. The third-order valence-corrected chi connectivity index (χ3v) is 3.64. The third-order valence-electron chi connectivity index (χ3n) is 3.64. The van der Waals surface area contributed by atoms with E-state index in [4.69, 9.17) is 4.74 Å². The third kappa shape index (κ3) is 2.43. The molecule has 5 nitrogen and oxygen atoms in total. The average Bonchev–Trinajstić information content (AvgIpc) is 3.14. The van der Waals surface area contributed by atoms with E-state index >= 15 is 0 Å². The Hall–Kier alpha value is -2.17. The summed E-state index contributed by atoms with van der Waals surface area (Å²) >= 11 is 0. The molecule has 3 rings (SSSR count). The molecule has 1 aliphatic carbocycles. The molecule has 0 N–H and O–H groups in total. The van der Waals surface area contributed by atoms with Crippen molar-refractivity contribution in [2.24, 2.45) is 11.8 Å². The Morgan fingerprint density at radius 1 is 1.50 bits per heavy atom. The Morgan fingerprint density at radius 2 is 2.25 bits per heavy atom. The lowest BCUT2D eigenvalue weighted by Crippen LogP contribution is -2.17. The summed E-state index contributed by atoms with van der Waals surface area (Å²) < 4.78 is 6.69. The van der Waals surface area contributed by atoms with Crippen LogP contribution in [-0.2, 0) is 16.1 Å². The number of hydrogen-bond acceptors (Lipinski definition) is 4. The van der Waals surface area contributed by atoms with E-state index in [0.717, 1.165) is 12.0 Å². The van der Waals surface area contributed by atoms with Crippen LogP contribution in [0, 0.1) is 18.8 Å². The smallest absolute Gasteiger partial charge is 0.309 e. The zero-order chi connectivity index (χ0) is 14.3. The second kappa shape index (κ2) is 4.74. The summed E-state index contributed by atoms with van der Waals surface area (Å²) in [5, 5.41) is 0. The molecular weight excluding hydrogens is 256 g/mol. The minimum Gasteiger partial charge on any atom is -0.459 e. The maximum Gasteiger partial charge on any atom is 0.309 e. The number of rotatable bonds is 3. The van der Waals surface area contributed by atoms with Crippen LogP contribution in [0.4, 0.5) is 0 Å². The van der Waals surface area contributed by atoms with Crippen molar-refractivity contribution >= 4 is 11.6 Å². The van der Waals surface area contributed by atoms with Crippen molar-refractivity contribution in [1.29, 1.82) is 0 Å². The van der Waals surface area contributed by atoms with E-state index in [-0.39, 0.29) is 24.1 Å². The molecular formula is C15H16N2O3. The summed E-state index contributed by atoms with van der Waals surface area (Å²) in [6, 6.07) is 5.09. The zero-order valence-electron chi connectivity index (χ0n) is 11.5. The number of aryl methyl sites for hydroxylation is 1. The van der Waals surface area contributed by atoms with Crippen molar-refractivity contribution < 1.29 is 9.53 Å². The first-order valence-corrected chi connectivity index (χ1v) is 6.70. The van der Waals surface area contributed by atoms with Gasteiger partial charge in [-0.15, -0.1) is 0 Å². The molecule has 1 fully saturated rings. The predicted octanol–water partition coefficient (Wildman–Crippen LogP) is 1.70. The summed E-state index contributed by atoms with van der Waals surface area (Å²) in [5.74, 6) is 0.253. The molecule has 0 saturated heterocycles. The van der Waals surface area contributed by atoms with Crippen LogP contribution in [0.5, 0.6) is 0 Å². The molecule has 2 aromatic heterocycles. The highest BCUT2D eigenvalue weighted by atomic mass is 16.5.